The number of carbonyl (C=O) groups is 1. The van der Waals surface area contributed by atoms with Crippen molar-refractivity contribution in [2.75, 3.05) is 0 Å². The Morgan fingerprint density at radius 2 is 1.95 bits per heavy atom. The van der Waals surface area contributed by atoms with E-state index in [0.29, 0.717) is 5.56 Å². The van der Waals surface area contributed by atoms with Crippen molar-refractivity contribution in [2.24, 2.45) is 0 Å². The van der Waals surface area contributed by atoms with Gasteiger partial charge in [-0.15, -0.1) is 0 Å². The zero-order valence-electron chi connectivity index (χ0n) is 12.9. The first-order valence-electron chi connectivity index (χ1n) is 7.03. The maximum atomic E-state index is 12.4. The minimum Gasteiger partial charge on any atom is -0.347 e. The molecule has 1 heterocycles. The van der Waals surface area contributed by atoms with Gasteiger partial charge in [-0.1, -0.05) is 18.6 Å². The largest absolute Gasteiger partial charge is 0.347 e. The fourth-order valence-corrected chi connectivity index (χ4v) is 2.09. The van der Waals surface area contributed by atoms with Crippen LogP contribution in [0.1, 0.15) is 48.8 Å². The van der Waals surface area contributed by atoms with Crippen molar-refractivity contribution in [1.29, 1.82) is 0 Å². The standard InChI is InChI=1S/C17H22N2O/c1-6-17(4,5)19-16(20)14-10-13-9-11(2)7-8-15(13)18-12(14)3/h7-10H,6H2,1-5H3,(H,19,20). The summed E-state index contributed by atoms with van der Waals surface area (Å²) in [4.78, 5) is 17.0. The van der Waals surface area contributed by atoms with E-state index in [-0.39, 0.29) is 11.4 Å². The number of hydrogen-bond donors (Lipinski definition) is 1. The molecule has 0 aliphatic heterocycles. The molecule has 0 saturated heterocycles. The van der Waals surface area contributed by atoms with Crippen LogP contribution in [0.2, 0.25) is 0 Å². The molecule has 0 fully saturated rings. The van der Waals surface area contributed by atoms with Crippen molar-refractivity contribution < 1.29 is 4.79 Å². The third kappa shape index (κ3) is 2.98. The van der Waals surface area contributed by atoms with E-state index < -0.39 is 0 Å². The van der Waals surface area contributed by atoms with E-state index >= 15 is 0 Å². The lowest BCUT2D eigenvalue weighted by Gasteiger charge is -2.24. The van der Waals surface area contributed by atoms with Gasteiger partial charge in [-0.3, -0.25) is 9.78 Å². The molecule has 2 rings (SSSR count). The van der Waals surface area contributed by atoms with E-state index in [1.54, 1.807) is 0 Å². The fraction of sp³-hybridized carbons (Fsp3) is 0.412. The van der Waals surface area contributed by atoms with Crippen LogP contribution >= 0.6 is 0 Å². The minimum atomic E-state index is -0.203. The molecule has 0 unspecified atom stereocenters. The summed E-state index contributed by atoms with van der Waals surface area (Å²) in [5.41, 5.74) is 3.32. The van der Waals surface area contributed by atoms with Gasteiger partial charge in [0.25, 0.3) is 5.91 Å². The predicted octanol–water partition coefficient (Wildman–Crippen LogP) is 3.77. The zero-order valence-corrected chi connectivity index (χ0v) is 12.9. The van der Waals surface area contributed by atoms with Gasteiger partial charge in [0, 0.05) is 10.9 Å². The van der Waals surface area contributed by atoms with E-state index in [1.165, 1.54) is 5.56 Å². The van der Waals surface area contributed by atoms with Gasteiger partial charge in [0.05, 0.1) is 16.8 Å². The maximum absolute atomic E-state index is 12.4. The van der Waals surface area contributed by atoms with Crippen molar-refractivity contribution in [1.82, 2.24) is 10.3 Å². The molecule has 0 aliphatic rings. The molecule has 2 aromatic rings. The topological polar surface area (TPSA) is 42.0 Å². The average molecular weight is 270 g/mol. The number of nitrogens with zero attached hydrogens (tertiary/aromatic N) is 1. The van der Waals surface area contributed by atoms with Gasteiger partial charge in [-0.2, -0.15) is 0 Å². The Hall–Kier alpha value is -1.90. The van der Waals surface area contributed by atoms with Gasteiger partial charge in [-0.25, -0.2) is 0 Å². The quantitative estimate of drug-likeness (QED) is 0.922. The van der Waals surface area contributed by atoms with Crippen molar-refractivity contribution in [3.05, 3.63) is 41.1 Å². The summed E-state index contributed by atoms with van der Waals surface area (Å²) in [6.45, 7) is 10.0. The van der Waals surface area contributed by atoms with Crippen LogP contribution in [-0.4, -0.2) is 16.4 Å². The van der Waals surface area contributed by atoms with Gasteiger partial charge in [0.15, 0.2) is 0 Å². The summed E-state index contributed by atoms with van der Waals surface area (Å²) >= 11 is 0. The highest BCUT2D eigenvalue weighted by molar-refractivity contribution is 5.99. The van der Waals surface area contributed by atoms with Gasteiger partial charge in [0.2, 0.25) is 0 Å². The number of nitrogens with one attached hydrogen (secondary N) is 1. The first kappa shape index (κ1) is 14.5. The summed E-state index contributed by atoms with van der Waals surface area (Å²) in [5, 5.41) is 4.07. The molecule has 0 bridgehead atoms. The van der Waals surface area contributed by atoms with Crippen LogP contribution in [0.3, 0.4) is 0 Å². The Bertz CT molecular complexity index is 659. The molecule has 0 atom stereocenters. The van der Waals surface area contributed by atoms with Crippen molar-refractivity contribution in [2.45, 2.75) is 46.6 Å². The third-order valence-corrected chi connectivity index (χ3v) is 3.74. The van der Waals surface area contributed by atoms with Gasteiger partial charge >= 0.3 is 0 Å². The van der Waals surface area contributed by atoms with E-state index in [2.05, 4.69) is 23.3 Å². The molecule has 0 aliphatic carbocycles. The molecule has 1 aromatic carbocycles. The Morgan fingerprint density at radius 1 is 1.25 bits per heavy atom. The molecule has 20 heavy (non-hydrogen) atoms. The maximum Gasteiger partial charge on any atom is 0.253 e. The molecular weight excluding hydrogens is 248 g/mol. The number of amides is 1. The summed E-state index contributed by atoms with van der Waals surface area (Å²) in [6.07, 6.45) is 0.887. The molecule has 3 heteroatoms. The van der Waals surface area contributed by atoms with Crippen LogP contribution in [-0.2, 0) is 0 Å². The van der Waals surface area contributed by atoms with Crippen LogP contribution in [0.15, 0.2) is 24.3 Å². The molecule has 1 amide bonds. The van der Waals surface area contributed by atoms with Gasteiger partial charge in [0.1, 0.15) is 0 Å². The van der Waals surface area contributed by atoms with Gasteiger partial charge in [-0.05, 0) is 52.3 Å². The summed E-state index contributed by atoms with van der Waals surface area (Å²) in [5.74, 6) is -0.0507. The van der Waals surface area contributed by atoms with Crippen molar-refractivity contribution >= 4 is 16.8 Å². The summed E-state index contributed by atoms with van der Waals surface area (Å²) in [6, 6.07) is 8.03. The van der Waals surface area contributed by atoms with E-state index in [4.69, 9.17) is 0 Å². The second-order valence-corrected chi connectivity index (χ2v) is 6.01. The van der Waals surface area contributed by atoms with E-state index in [0.717, 1.165) is 23.0 Å². The third-order valence-electron chi connectivity index (χ3n) is 3.74. The Labute approximate surface area is 120 Å². The summed E-state index contributed by atoms with van der Waals surface area (Å²) < 4.78 is 0. The van der Waals surface area contributed by atoms with E-state index in [9.17, 15) is 4.79 Å². The van der Waals surface area contributed by atoms with Crippen LogP contribution in [0.5, 0.6) is 0 Å². The second kappa shape index (κ2) is 5.23. The molecule has 0 radical (unpaired) electrons. The number of aromatic nitrogens is 1. The number of aryl methyl sites for hydroxylation is 2. The normalized spacial score (nSPS) is 11.7. The number of carbonyl (C=O) groups excluding carboxylic acids is 1. The van der Waals surface area contributed by atoms with Crippen molar-refractivity contribution in [3.8, 4) is 0 Å². The summed E-state index contributed by atoms with van der Waals surface area (Å²) in [7, 11) is 0. The predicted molar refractivity (Wildman–Crippen MR) is 83.1 cm³/mol. The monoisotopic (exact) mass is 270 g/mol. The zero-order chi connectivity index (χ0) is 14.9. The average Bonchev–Trinajstić information content (AvgIpc) is 2.38. The second-order valence-electron chi connectivity index (χ2n) is 6.01. The molecule has 0 saturated carbocycles. The highest BCUT2D eigenvalue weighted by Crippen LogP contribution is 2.19. The smallest absolute Gasteiger partial charge is 0.253 e. The number of hydrogen-bond acceptors (Lipinski definition) is 2. The number of rotatable bonds is 3. The van der Waals surface area contributed by atoms with Crippen molar-refractivity contribution in [3.63, 3.8) is 0 Å². The van der Waals surface area contributed by atoms with Crippen LogP contribution in [0.25, 0.3) is 10.9 Å². The van der Waals surface area contributed by atoms with E-state index in [1.807, 2.05) is 45.9 Å². The number of benzene rings is 1. The van der Waals surface area contributed by atoms with Crippen LogP contribution in [0.4, 0.5) is 0 Å². The first-order valence-corrected chi connectivity index (χ1v) is 7.03. The SMILES string of the molecule is CCC(C)(C)NC(=O)c1cc2cc(C)ccc2nc1C. The minimum absolute atomic E-state index is 0.0507. The molecule has 0 spiro atoms. The molecule has 1 N–H and O–H groups in total. The molecule has 1 aromatic heterocycles. The van der Waals surface area contributed by atoms with Crippen LogP contribution < -0.4 is 5.32 Å². The fourth-order valence-electron chi connectivity index (χ4n) is 2.09. The molecule has 3 nitrogen and oxygen atoms in total. The Kier molecular flexibility index (Phi) is 3.80. The lowest BCUT2D eigenvalue weighted by Crippen LogP contribution is -2.43. The Morgan fingerprint density at radius 3 is 2.60 bits per heavy atom. The van der Waals surface area contributed by atoms with Crippen LogP contribution in [0, 0.1) is 13.8 Å². The molecular formula is C17H22N2O. The van der Waals surface area contributed by atoms with Gasteiger partial charge < -0.3 is 5.32 Å². The Balaban J connectivity index is 2.43. The lowest BCUT2D eigenvalue weighted by molar-refractivity contribution is 0.0910. The first-order chi connectivity index (χ1) is 9.32. The highest BCUT2D eigenvalue weighted by atomic mass is 16.1. The number of fused-ring (bicyclic) bond motifs is 1. The number of pyridine rings is 1. The lowest BCUT2D eigenvalue weighted by atomic mass is 10.0. The molecule has 106 valence electrons. The highest BCUT2D eigenvalue weighted by Gasteiger charge is 2.20.